The lowest BCUT2D eigenvalue weighted by Crippen LogP contribution is -2.38. The maximum absolute atomic E-state index is 13.2. The molecule has 0 atom stereocenters. The molecule has 35 heavy (non-hydrogen) atoms. The number of ether oxygens (including phenoxy) is 1. The molecular weight excluding hydrogens is 480 g/mol. The van der Waals surface area contributed by atoms with E-state index in [1.807, 2.05) is 68.4 Å². The summed E-state index contributed by atoms with van der Waals surface area (Å²) < 4.78 is 5.20. The second kappa shape index (κ2) is 12.8. The van der Waals surface area contributed by atoms with Crippen LogP contribution in [0.5, 0.6) is 0 Å². The van der Waals surface area contributed by atoms with E-state index in [4.69, 9.17) is 0 Å². The highest BCUT2D eigenvalue weighted by Crippen LogP contribution is 2.41. The van der Waals surface area contributed by atoms with E-state index < -0.39 is 17.8 Å². The van der Waals surface area contributed by atoms with Gasteiger partial charge in [-0.2, -0.15) is 0 Å². The summed E-state index contributed by atoms with van der Waals surface area (Å²) >= 11 is 2.72. The van der Waals surface area contributed by atoms with Crippen LogP contribution in [0.15, 0.2) is 98.6 Å². The minimum atomic E-state index is -0.592. The van der Waals surface area contributed by atoms with E-state index >= 15 is 0 Å². The van der Waals surface area contributed by atoms with Crippen molar-refractivity contribution >= 4 is 41.3 Å². The van der Waals surface area contributed by atoms with Crippen molar-refractivity contribution in [1.82, 2.24) is 10.6 Å². The van der Waals surface area contributed by atoms with E-state index in [2.05, 4.69) is 15.4 Å². The molecule has 0 saturated heterocycles. The van der Waals surface area contributed by atoms with Crippen molar-refractivity contribution in [2.45, 2.75) is 23.6 Å². The van der Waals surface area contributed by atoms with Gasteiger partial charge in [-0.05, 0) is 50.2 Å². The van der Waals surface area contributed by atoms with Gasteiger partial charge < -0.3 is 15.4 Å². The summed E-state index contributed by atoms with van der Waals surface area (Å²) in [6.45, 7) is 3.67. The monoisotopic (exact) mass is 506 g/mol. The lowest BCUT2D eigenvalue weighted by Gasteiger charge is -2.16. The SMILES string of the molecule is COC(=O)CNC(=O)C(NC(=O)c1ccccc1)=C(Sc1ccc(C)cc1)Sc1ccc(C)cc1. The Balaban J connectivity index is 2.03. The van der Waals surface area contributed by atoms with Gasteiger partial charge in [0, 0.05) is 15.4 Å². The minimum absolute atomic E-state index is 0.0545. The van der Waals surface area contributed by atoms with Crippen LogP contribution in [-0.4, -0.2) is 31.4 Å². The van der Waals surface area contributed by atoms with Crippen molar-refractivity contribution in [2.24, 2.45) is 0 Å². The summed E-state index contributed by atoms with van der Waals surface area (Å²) in [7, 11) is 1.24. The first-order valence-corrected chi connectivity index (χ1v) is 12.4. The number of benzene rings is 3. The molecule has 3 rings (SSSR count). The Morgan fingerprint density at radius 1 is 0.771 bits per heavy atom. The zero-order valence-corrected chi connectivity index (χ0v) is 21.3. The van der Waals surface area contributed by atoms with E-state index in [9.17, 15) is 14.4 Å². The summed E-state index contributed by atoms with van der Waals surface area (Å²) in [5.41, 5.74) is 2.68. The van der Waals surface area contributed by atoms with Gasteiger partial charge in [0.25, 0.3) is 11.8 Å². The van der Waals surface area contributed by atoms with Crippen molar-refractivity contribution in [1.29, 1.82) is 0 Å². The van der Waals surface area contributed by atoms with Gasteiger partial charge in [0.05, 0.1) is 11.3 Å². The Kier molecular flexibility index (Phi) is 9.57. The van der Waals surface area contributed by atoms with Crippen LogP contribution in [0, 0.1) is 13.8 Å². The molecule has 6 nitrogen and oxygen atoms in total. The fraction of sp³-hybridized carbons (Fsp3) is 0.148. The molecule has 0 spiro atoms. The fourth-order valence-electron chi connectivity index (χ4n) is 2.84. The average Bonchev–Trinajstić information content (AvgIpc) is 2.88. The number of carbonyl (C=O) groups excluding carboxylic acids is 3. The van der Waals surface area contributed by atoms with Crippen LogP contribution in [0.3, 0.4) is 0 Å². The molecule has 0 saturated carbocycles. The fourth-order valence-corrected chi connectivity index (χ4v) is 5.05. The first-order valence-electron chi connectivity index (χ1n) is 10.8. The molecule has 0 aromatic heterocycles. The molecule has 2 N–H and O–H groups in total. The molecule has 0 bridgehead atoms. The molecule has 3 aromatic rings. The van der Waals surface area contributed by atoms with Crippen molar-refractivity contribution in [3.05, 3.63) is 105 Å². The molecule has 0 fully saturated rings. The smallest absolute Gasteiger partial charge is 0.325 e. The van der Waals surface area contributed by atoms with Gasteiger partial charge >= 0.3 is 5.97 Å². The van der Waals surface area contributed by atoms with E-state index in [0.717, 1.165) is 20.9 Å². The number of methoxy groups -OCH3 is 1. The first-order chi connectivity index (χ1) is 16.9. The predicted octanol–water partition coefficient (Wildman–Crippen LogP) is 5.08. The number of nitrogens with one attached hydrogen (secondary N) is 2. The third-order valence-corrected chi connectivity index (χ3v) is 7.08. The van der Waals surface area contributed by atoms with Crippen LogP contribution in [0.4, 0.5) is 0 Å². The summed E-state index contributed by atoms with van der Waals surface area (Å²) in [6, 6.07) is 24.4. The molecule has 0 unspecified atom stereocenters. The molecule has 0 heterocycles. The predicted molar refractivity (Wildman–Crippen MR) is 140 cm³/mol. The maximum atomic E-state index is 13.2. The molecule has 8 heteroatoms. The van der Waals surface area contributed by atoms with Crippen LogP contribution in [0.25, 0.3) is 0 Å². The van der Waals surface area contributed by atoms with Gasteiger partial charge in [-0.3, -0.25) is 14.4 Å². The van der Waals surface area contributed by atoms with Gasteiger partial charge in [0.1, 0.15) is 12.2 Å². The molecule has 0 radical (unpaired) electrons. The van der Waals surface area contributed by atoms with E-state index in [-0.39, 0.29) is 12.2 Å². The lowest BCUT2D eigenvalue weighted by molar-refractivity contribution is -0.140. The zero-order valence-electron chi connectivity index (χ0n) is 19.7. The largest absolute Gasteiger partial charge is 0.468 e. The summed E-state index contributed by atoms with van der Waals surface area (Å²) in [4.78, 5) is 39.7. The molecular formula is C27H26N2O4S2. The molecule has 2 amide bonds. The number of amides is 2. The lowest BCUT2D eigenvalue weighted by atomic mass is 10.2. The Hall–Kier alpha value is -3.49. The van der Waals surface area contributed by atoms with Crippen molar-refractivity contribution in [3.8, 4) is 0 Å². The zero-order chi connectivity index (χ0) is 25.2. The van der Waals surface area contributed by atoms with Crippen molar-refractivity contribution in [2.75, 3.05) is 13.7 Å². The molecule has 0 aliphatic rings. The Morgan fingerprint density at radius 2 is 1.29 bits per heavy atom. The molecule has 0 aliphatic heterocycles. The number of aryl methyl sites for hydroxylation is 2. The minimum Gasteiger partial charge on any atom is -0.468 e. The quantitative estimate of drug-likeness (QED) is 0.239. The summed E-state index contributed by atoms with van der Waals surface area (Å²) in [6.07, 6.45) is 0. The van der Waals surface area contributed by atoms with E-state index in [1.165, 1.54) is 30.6 Å². The van der Waals surface area contributed by atoms with Crippen molar-refractivity contribution in [3.63, 3.8) is 0 Å². The molecule has 3 aromatic carbocycles. The second-order valence-corrected chi connectivity index (χ2v) is 10.00. The Morgan fingerprint density at radius 3 is 1.77 bits per heavy atom. The highest BCUT2D eigenvalue weighted by Gasteiger charge is 2.22. The summed E-state index contributed by atoms with van der Waals surface area (Å²) in [5, 5.41) is 5.32. The number of rotatable bonds is 9. The van der Waals surface area contributed by atoms with Crippen LogP contribution >= 0.6 is 23.5 Å². The number of hydrogen-bond acceptors (Lipinski definition) is 6. The van der Waals surface area contributed by atoms with E-state index in [1.54, 1.807) is 24.3 Å². The third-order valence-electron chi connectivity index (χ3n) is 4.79. The Bertz CT molecular complexity index is 1160. The first kappa shape index (κ1) is 26.1. The average molecular weight is 507 g/mol. The third kappa shape index (κ3) is 8.05. The highest BCUT2D eigenvalue weighted by molar-refractivity contribution is 8.22. The Labute approximate surface area is 213 Å². The molecule has 180 valence electrons. The number of hydrogen-bond donors (Lipinski definition) is 2. The van der Waals surface area contributed by atoms with Crippen molar-refractivity contribution < 1.29 is 19.1 Å². The number of esters is 1. The topological polar surface area (TPSA) is 84.5 Å². The van der Waals surface area contributed by atoms with Crippen LogP contribution < -0.4 is 10.6 Å². The van der Waals surface area contributed by atoms with Gasteiger partial charge in [0.15, 0.2) is 0 Å². The van der Waals surface area contributed by atoms with E-state index in [0.29, 0.717) is 9.80 Å². The maximum Gasteiger partial charge on any atom is 0.325 e. The van der Waals surface area contributed by atoms with Gasteiger partial charge in [-0.15, -0.1) is 0 Å². The van der Waals surface area contributed by atoms with Crippen LogP contribution in [-0.2, 0) is 14.3 Å². The normalized spacial score (nSPS) is 10.3. The molecule has 0 aliphatic carbocycles. The number of carbonyl (C=O) groups is 3. The number of thioether (sulfide) groups is 2. The van der Waals surface area contributed by atoms with Gasteiger partial charge in [-0.1, -0.05) is 77.1 Å². The van der Waals surface area contributed by atoms with Gasteiger partial charge in [0.2, 0.25) is 0 Å². The van der Waals surface area contributed by atoms with Gasteiger partial charge in [-0.25, -0.2) is 0 Å². The van der Waals surface area contributed by atoms with Crippen LogP contribution in [0.2, 0.25) is 0 Å². The highest BCUT2D eigenvalue weighted by atomic mass is 32.2. The van der Waals surface area contributed by atoms with Crippen LogP contribution in [0.1, 0.15) is 21.5 Å². The second-order valence-electron chi connectivity index (χ2n) is 7.57. The summed E-state index contributed by atoms with van der Waals surface area (Å²) in [5.74, 6) is -1.61. The standard InChI is InChI=1S/C27H26N2O4S2/c1-18-9-13-21(14-10-18)34-27(35-22-15-11-19(2)12-16-22)24(26(32)28-17-23(30)33-3)29-25(31)20-7-5-4-6-8-20/h4-16H,17H2,1-3H3,(H,28,32)(H,29,31).